The van der Waals surface area contributed by atoms with Crippen LogP contribution in [-0.4, -0.2) is 43.6 Å². The third-order valence-electron chi connectivity index (χ3n) is 3.06. The lowest BCUT2D eigenvalue weighted by Gasteiger charge is -2.47. The van der Waals surface area contributed by atoms with Crippen molar-refractivity contribution in [3.8, 4) is 0 Å². The minimum Gasteiger partial charge on any atom is -0.417 e. The predicted molar refractivity (Wildman–Crippen MR) is 63.5 cm³/mol. The standard InChI is InChI=1S/C12H19FN2O3/c1-11(2)4-12(3,5-14-9-16)7-15(6-11)10(17)18-8-13/h4-8H2,1-3H3. The number of hydrogen-bond donors (Lipinski definition) is 0. The molecule has 0 spiro atoms. The van der Waals surface area contributed by atoms with Crippen molar-refractivity contribution in [2.75, 3.05) is 26.5 Å². The van der Waals surface area contributed by atoms with E-state index in [1.165, 1.54) is 11.0 Å². The Kier molecular flexibility index (Phi) is 4.46. The molecule has 0 aromatic heterocycles. The number of carbonyl (C=O) groups excluding carboxylic acids is 2. The van der Waals surface area contributed by atoms with E-state index in [9.17, 15) is 14.0 Å². The van der Waals surface area contributed by atoms with E-state index in [-0.39, 0.29) is 10.8 Å². The van der Waals surface area contributed by atoms with Crippen molar-refractivity contribution in [3.05, 3.63) is 0 Å². The van der Waals surface area contributed by atoms with E-state index in [4.69, 9.17) is 0 Å². The molecule has 1 atom stereocenters. The molecule has 1 unspecified atom stereocenters. The van der Waals surface area contributed by atoms with E-state index < -0.39 is 13.0 Å². The Hall–Kier alpha value is -1.42. The number of likely N-dealkylation sites (tertiary alicyclic amines) is 1. The summed E-state index contributed by atoms with van der Waals surface area (Å²) in [6.45, 7) is 6.07. The van der Waals surface area contributed by atoms with Gasteiger partial charge in [0.05, 0.1) is 6.54 Å². The maximum absolute atomic E-state index is 12.0. The molecule has 18 heavy (non-hydrogen) atoms. The second-order valence-electron chi connectivity index (χ2n) is 5.93. The van der Waals surface area contributed by atoms with Crippen LogP contribution in [0.4, 0.5) is 9.18 Å². The molecule has 0 aromatic carbocycles. The molecule has 1 aliphatic heterocycles. The van der Waals surface area contributed by atoms with Gasteiger partial charge in [-0.25, -0.2) is 19.0 Å². The average Bonchev–Trinajstić information content (AvgIpc) is 2.24. The molecule has 0 aliphatic carbocycles. The van der Waals surface area contributed by atoms with E-state index in [2.05, 4.69) is 9.73 Å². The molecule has 102 valence electrons. The number of piperidine rings is 1. The minimum atomic E-state index is -1.13. The highest BCUT2D eigenvalue weighted by Crippen LogP contribution is 2.40. The Labute approximate surface area is 106 Å². The summed E-state index contributed by atoms with van der Waals surface area (Å²) in [6, 6.07) is 0. The van der Waals surface area contributed by atoms with Crippen LogP contribution < -0.4 is 0 Å². The third kappa shape index (κ3) is 3.81. The molecule has 0 bridgehead atoms. The Balaban J connectivity index is 2.83. The molecule has 0 radical (unpaired) electrons. The smallest absolute Gasteiger partial charge is 0.412 e. The van der Waals surface area contributed by atoms with Crippen molar-refractivity contribution in [1.82, 2.24) is 4.90 Å². The Morgan fingerprint density at radius 3 is 2.67 bits per heavy atom. The number of rotatable bonds is 3. The lowest BCUT2D eigenvalue weighted by molar-refractivity contribution is 0.00162. The Bertz CT molecular complexity index is 366. The number of halogens is 1. The first-order valence-electron chi connectivity index (χ1n) is 5.83. The number of isocyanates is 1. The first-order valence-corrected chi connectivity index (χ1v) is 5.83. The van der Waals surface area contributed by atoms with E-state index in [1.807, 2.05) is 20.8 Å². The normalized spacial score (nSPS) is 26.3. The maximum atomic E-state index is 12.0. The van der Waals surface area contributed by atoms with E-state index in [0.29, 0.717) is 19.6 Å². The number of alkyl halides is 1. The number of ether oxygens (including phenoxy) is 1. The zero-order valence-electron chi connectivity index (χ0n) is 11.0. The maximum Gasteiger partial charge on any atom is 0.412 e. The van der Waals surface area contributed by atoms with Crippen LogP contribution in [0, 0.1) is 10.8 Å². The van der Waals surface area contributed by atoms with Gasteiger partial charge in [0, 0.05) is 18.5 Å². The lowest BCUT2D eigenvalue weighted by atomic mass is 9.70. The minimum absolute atomic E-state index is 0.124. The highest BCUT2D eigenvalue weighted by atomic mass is 19.1. The summed E-state index contributed by atoms with van der Waals surface area (Å²) in [5, 5.41) is 0. The van der Waals surface area contributed by atoms with Gasteiger partial charge in [-0.3, -0.25) is 0 Å². The molecule has 1 aliphatic rings. The van der Waals surface area contributed by atoms with Crippen LogP contribution in [0.15, 0.2) is 4.99 Å². The third-order valence-corrected chi connectivity index (χ3v) is 3.06. The largest absolute Gasteiger partial charge is 0.417 e. The molecular formula is C12H19FN2O3. The summed E-state index contributed by atoms with van der Waals surface area (Å²) in [6.07, 6.45) is 1.68. The fourth-order valence-electron chi connectivity index (χ4n) is 2.90. The van der Waals surface area contributed by atoms with Crippen molar-refractivity contribution in [3.63, 3.8) is 0 Å². The first kappa shape index (κ1) is 14.6. The van der Waals surface area contributed by atoms with Gasteiger partial charge in [-0.05, 0) is 11.8 Å². The van der Waals surface area contributed by atoms with Crippen molar-refractivity contribution in [2.45, 2.75) is 27.2 Å². The SMILES string of the molecule is CC1(C)CN(C(=O)OCF)CC(C)(CN=C=O)C1. The molecule has 0 aromatic rings. The van der Waals surface area contributed by atoms with Crippen molar-refractivity contribution in [2.24, 2.45) is 15.8 Å². The quantitative estimate of drug-likeness (QED) is 0.575. The van der Waals surface area contributed by atoms with Crippen molar-refractivity contribution in [1.29, 1.82) is 0 Å². The van der Waals surface area contributed by atoms with Crippen molar-refractivity contribution < 1.29 is 18.7 Å². The van der Waals surface area contributed by atoms with Gasteiger partial charge < -0.3 is 9.64 Å². The molecule has 0 N–H and O–H groups in total. The fourth-order valence-corrected chi connectivity index (χ4v) is 2.90. The summed E-state index contributed by atoms with van der Waals surface area (Å²) in [4.78, 5) is 26.9. The topological polar surface area (TPSA) is 59.0 Å². The molecule has 1 fully saturated rings. The van der Waals surface area contributed by atoms with Crippen LogP contribution in [0.2, 0.25) is 0 Å². The second kappa shape index (κ2) is 5.48. The first-order chi connectivity index (χ1) is 8.32. The van der Waals surface area contributed by atoms with Crippen LogP contribution in [0.25, 0.3) is 0 Å². The Morgan fingerprint density at radius 1 is 1.44 bits per heavy atom. The summed E-state index contributed by atoms with van der Waals surface area (Å²) in [7, 11) is 0. The number of amides is 1. The van der Waals surface area contributed by atoms with Gasteiger partial charge >= 0.3 is 6.09 Å². The van der Waals surface area contributed by atoms with Crippen LogP contribution in [0.1, 0.15) is 27.2 Å². The zero-order chi connectivity index (χ0) is 13.8. The fraction of sp³-hybridized carbons (Fsp3) is 0.833. The summed E-state index contributed by atoms with van der Waals surface area (Å²) in [5.74, 6) is 0. The monoisotopic (exact) mass is 258 g/mol. The van der Waals surface area contributed by atoms with Crippen LogP contribution in [0.5, 0.6) is 0 Å². The molecule has 0 saturated carbocycles. The summed E-state index contributed by atoms with van der Waals surface area (Å²) < 4.78 is 16.4. The molecule has 6 heteroatoms. The molecule has 1 heterocycles. The number of aliphatic imine (C=N–C) groups is 1. The predicted octanol–water partition coefficient (Wildman–Crippen LogP) is 2.12. The summed E-state index contributed by atoms with van der Waals surface area (Å²) in [5.41, 5.74) is -0.435. The van der Waals surface area contributed by atoms with Crippen LogP contribution in [0.3, 0.4) is 0 Å². The van der Waals surface area contributed by atoms with Gasteiger partial charge in [0.15, 0.2) is 0 Å². The van der Waals surface area contributed by atoms with E-state index in [1.54, 1.807) is 0 Å². The van der Waals surface area contributed by atoms with Gasteiger partial charge in [-0.15, -0.1) is 0 Å². The number of carbonyl (C=O) groups is 1. The number of hydrogen-bond acceptors (Lipinski definition) is 4. The molecular weight excluding hydrogens is 239 g/mol. The lowest BCUT2D eigenvalue weighted by Crippen LogP contribution is -2.53. The highest BCUT2D eigenvalue weighted by Gasteiger charge is 2.42. The number of nitrogens with zero attached hydrogens (tertiary/aromatic N) is 2. The van der Waals surface area contributed by atoms with Crippen LogP contribution in [-0.2, 0) is 9.53 Å². The van der Waals surface area contributed by atoms with Crippen LogP contribution >= 0.6 is 0 Å². The van der Waals surface area contributed by atoms with Crippen molar-refractivity contribution >= 4 is 12.2 Å². The van der Waals surface area contributed by atoms with Gasteiger partial charge in [0.25, 0.3) is 0 Å². The van der Waals surface area contributed by atoms with E-state index >= 15 is 0 Å². The van der Waals surface area contributed by atoms with Gasteiger partial charge in [-0.2, -0.15) is 0 Å². The zero-order valence-corrected chi connectivity index (χ0v) is 11.0. The molecule has 1 rings (SSSR count). The highest BCUT2D eigenvalue weighted by molar-refractivity contribution is 5.67. The molecule has 1 saturated heterocycles. The van der Waals surface area contributed by atoms with Gasteiger partial charge in [0.2, 0.25) is 12.9 Å². The van der Waals surface area contributed by atoms with E-state index in [0.717, 1.165) is 6.42 Å². The molecule has 1 amide bonds. The Morgan fingerprint density at radius 2 is 2.11 bits per heavy atom. The van der Waals surface area contributed by atoms with Gasteiger partial charge in [-0.1, -0.05) is 20.8 Å². The molecule has 5 nitrogen and oxygen atoms in total. The second-order valence-corrected chi connectivity index (χ2v) is 5.93. The summed E-state index contributed by atoms with van der Waals surface area (Å²) >= 11 is 0. The van der Waals surface area contributed by atoms with Gasteiger partial charge in [0.1, 0.15) is 0 Å². The average molecular weight is 258 g/mol.